The predicted molar refractivity (Wildman–Crippen MR) is 117 cm³/mol. The largest absolute Gasteiger partial charge is 0.324 e. The summed E-state index contributed by atoms with van der Waals surface area (Å²) in [6.07, 6.45) is 0. The third-order valence-electron chi connectivity index (χ3n) is 3.97. The standard InChI is InChI=1S/C21H19ClN2O3S2/c1-15(24-29(26,27)18-13-11-16(22)12-14-18)21(25)23-19-9-5-6-10-20(19)28-17-7-3-2-4-8-17/h2-15,24H,1H3,(H,23,25)/t15-/m1/s1. The third-order valence-corrected chi connectivity index (χ3v) is 6.86. The van der Waals surface area contributed by atoms with E-state index >= 15 is 0 Å². The van der Waals surface area contributed by atoms with E-state index in [1.54, 1.807) is 6.07 Å². The predicted octanol–water partition coefficient (Wildman–Crippen LogP) is 4.80. The summed E-state index contributed by atoms with van der Waals surface area (Å²) in [6, 6.07) is 21.9. The van der Waals surface area contributed by atoms with E-state index in [4.69, 9.17) is 11.6 Å². The van der Waals surface area contributed by atoms with E-state index in [1.807, 2.05) is 48.5 Å². The fraction of sp³-hybridized carbons (Fsp3) is 0.0952. The van der Waals surface area contributed by atoms with Gasteiger partial charge in [0.1, 0.15) is 0 Å². The smallest absolute Gasteiger partial charge is 0.242 e. The molecule has 5 nitrogen and oxygen atoms in total. The van der Waals surface area contributed by atoms with Crippen molar-refractivity contribution >= 4 is 45.0 Å². The summed E-state index contributed by atoms with van der Waals surface area (Å²) in [5.74, 6) is -0.455. The van der Waals surface area contributed by atoms with E-state index in [1.165, 1.54) is 43.0 Å². The maximum Gasteiger partial charge on any atom is 0.242 e. The van der Waals surface area contributed by atoms with Crippen molar-refractivity contribution in [2.75, 3.05) is 5.32 Å². The molecule has 150 valence electrons. The van der Waals surface area contributed by atoms with Gasteiger partial charge in [-0.05, 0) is 55.5 Å². The molecule has 3 aromatic carbocycles. The summed E-state index contributed by atoms with van der Waals surface area (Å²) in [6.45, 7) is 1.50. The molecule has 8 heteroatoms. The summed E-state index contributed by atoms with van der Waals surface area (Å²) in [4.78, 5) is 14.5. The van der Waals surface area contributed by atoms with Crippen LogP contribution in [-0.4, -0.2) is 20.4 Å². The first-order valence-electron chi connectivity index (χ1n) is 8.76. The van der Waals surface area contributed by atoms with Crippen molar-refractivity contribution in [3.8, 4) is 0 Å². The average Bonchev–Trinajstić information content (AvgIpc) is 2.70. The van der Waals surface area contributed by atoms with Crippen LogP contribution in [0.5, 0.6) is 0 Å². The maximum atomic E-state index is 12.6. The number of hydrogen-bond donors (Lipinski definition) is 2. The average molecular weight is 447 g/mol. The molecule has 0 unspecified atom stereocenters. The van der Waals surface area contributed by atoms with Gasteiger partial charge in [0.2, 0.25) is 15.9 Å². The first kappa shape index (κ1) is 21.4. The highest BCUT2D eigenvalue weighted by Crippen LogP contribution is 2.33. The number of nitrogens with one attached hydrogen (secondary N) is 2. The lowest BCUT2D eigenvalue weighted by molar-refractivity contribution is -0.117. The van der Waals surface area contributed by atoms with Crippen molar-refractivity contribution in [3.05, 3.63) is 83.9 Å². The Hall–Kier alpha value is -2.32. The van der Waals surface area contributed by atoms with Crippen LogP contribution in [0.2, 0.25) is 5.02 Å². The van der Waals surface area contributed by atoms with Crippen molar-refractivity contribution in [3.63, 3.8) is 0 Å². The molecule has 0 radical (unpaired) electrons. The number of halogens is 1. The zero-order chi connectivity index (χ0) is 20.9. The Labute approximate surface area is 179 Å². The summed E-state index contributed by atoms with van der Waals surface area (Å²) in [5.41, 5.74) is 0.615. The summed E-state index contributed by atoms with van der Waals surface area (Å²) in [5, 5.41) is 3.24. The van der Waals surface area contributed by atoms with E-state index < -0.39 is 22.0 Å². The van der Waals surface area contributed by atoms with E-state index in [-0.39, 0.29) is 4.90 Å². The molecule has 1 atom stereocenters. The highest BCUT2D eigenvalue weighted by atomic mass is 35.5. The molecule has 0 aliphatic heterocycles. The molecule has 0 heterocycles. The number of anilines is 1. The Bertz CT molecular complexity index is 1090. The second-order valence-corrected chi connectivity index (χ2v) is 9.46. The summed E-state index contributed by atoms with van der Waals surface area (Å²) in [7, 11) is -3.85. The molecule has 0 spiro atoms. The first-order valence-corrected chi connectivity index (χ1v) is 11.4. The number of amides is 1. The Morgan fingerprint density at radius 3 is 2.24 bits per heavy atom. The topological polar surface area (TPSA) is 75.3 Å². The molecule has 0 fully saturated rings. The van der Waals surface area contributed by atoms with Crippen molar-refractivity contribution < 1.29 is 13.2 Å². The van der Waals surface area contributed by atoms with Crippen molar-refractivity contribution in [1.82, 2.24) is 4.72 Å². The Balaban J connectivity index is 1.71. The monoisotopic (exact) mass is 446 g/mol. The number of sulfonamides is 1. The lowest BCUT2D eigenvalue weighted by atomic mass is 10.3. The number of carbonyl (C=O) groups excluding carboxylic acids is 1. The minimum Gasteiger partial charge on any atom is -0.324 e. The number of carbonyl (C=O) groups is 1. The fourth-order valence-corrected chi connectivity index (χ4v) is 4.74. The van der Waals surface area contributed by atoms with Gasteiger partial charge in [-0.15, -0.1) is 0 Å². The molecule has 2 N–H and O–H groups in total. The lowest BCUT2D eigenvalue weighted by Crippen LogP contribution is -2.41. The van der Waals surface area contributed by atoms with Gasteiger partial charge in [0.25, 0.3) is 0 Å². The fourth-order valence-electron chi connectivity index (χ4n) is 2.48. The molecule has 0 saturated heterocycles. The van der Waals surface area contributed by atoms with Crippen LogP contribution in [0, 0.1) is 0 Å². The van der Waals surface area contributed by atoms with Crippen LogP contribution in [0.3, 0.4) is 0 Å². The van der Waals surface area contributed by atoms with Gasteiger partial charge in [-0.1, -0.05) is 53.7 Å². The second kappa shape index (κ2) is 9.45. The quantitative estimate of drug-likeness (QED) is 0.546. The van der Waals surface area contributed by atoms with Crippen LogP contribution in [0.25, 0.3) is 0 Å². The molecular formula is C21H19ClN2O3S2. The normalized spacial score (nSPS) is 12.3. The minimum atomic E-state index is -3.85. The molecule has 29 heavy (non-hydrogen) atoms. The highest BCUT2D eigenvalue weighted by Gasteiger charge is 2.22. The van der Waals surface area contributed by atoms with Crippen LogP contribution in [0.15, 0.2) is 93.5 Å². The van der Waals surface area contributed by atoms with E-state index in [0.29, 0.717) is 10.7 Å². The minimum absolute atomic E-state index is 0.0431. The second-order valence-electron chi connectivity index (χ2n) is 6.20. The van der Waals surface area contributed by atoms with Gasteiger partial charge < -0.3 is 5.32 Å². The maximum absolute atomic E-state index is 12.6. The van der Waals surface area contributed by atoms with E-state index in [2.05, 4.69) is 10.0 Å². The number of para-hydroxylation sites is 1. The van der Waals surface area contributed by atoms with Crippen molar-refractivity contribution in [1.29, 1.82) is 0 Å². The molecule has 1 amide bonds. The number of hydrogen-bond acceptors (Lipinski definition) is 4. The zero-order valence-corrected chi connectivity index (χ0v) is 17.9. The van der Waals surface area contributed by atoms with Gasteiger partial charge in [0.15, 0.2) is 0 Å². The molecule has 0 aliphatic rings. The summed E-state index contributed by atoms with van der Waals surface area (Å²) >= 11 is 7.31. The third kappa shape index (κ3) is 5.83. The SMILES string of the molecule is C[C@@H](NS(=O)(=O)c1ccc(Cl)cc1)C(=O)Nc1ccccc1Sc1ccccc1. The van der Waals surface area contributed by atoms with Gasteiger partial charge in [0.05, 0.1) is 16.6 Å². The van der Waals surface area contributed by atoms with Gasteiger partial charge >= 0.3 is 0 Å². The molecule has 3 aromatic rings. The Morgan fingerprint density at radius 2 is 1.55 bits per heavy atom. The van der Waals surface area contributed by atoms with Gasteiger partial charge in [-0.3, -0.25) is 4.79 Å². The van der Waals surface area contributed by atoms with Crippen LogP contribution >= 0.6 is 23.4 Å². The highest BCUT2D eigenvalue weighted by molar-refractivity contribution is 7.99. The van der Waals surface area contributed by atoms with Crippen LogP contribution in [0.4, 0.5) is 5.69 Å². The number of benzene rings is 3. The van der Waals surface area contributed by atoms with Crippen LogP contribution < -0.4 is 10.0 Å². The molecule has 3 rings (SSSR count). The zero-order valence-electron chi connectivity index (χ0n) is 15.5. The Morgan fingerprint density at radius 1 is 0.931 bits per heavy atom. The lowest BCUT2D eigenvalue weighted by Gasteiger charge is -2.16. The molecule has 0 saturated carbocycles. The van der Waals surface area contributed by atoms with E-state index in [9.17, 15) is 13.2 Å². The molecule has 0 aliphatic carbocycles. The van der Waals surface area contributed by atoms with Crippen molar-refractivity contribution in [2.45, 2.75) is 27.7 Å². The van der Waals surface area contributed by atoms with E-state index in [0.717, 1.165) is 9.79 Å². The first-order chi connectivity index (χ1) is 13.8. The molecular weight excluding hydrogens is 428 g/mol. The van der Waals surface area contributed by atoms with Crippen LogP contribution in [0.1, 0.15) is 6.92 Å². The van der Waals surface area contributed by atoms with Gasteiger partial charge in [0, 0.05) is 14.8 Å². The van der Waals surface area contributed by atoms with Crippen molar-refractivity contribution in [2.24, 2.45) is 0 Å². The summed E-state index contributed by atoms with van der Waals surface area (Å²) < 4.78 is 27.4. The molecule has 0 aromatic heterocycles. The Kier molecular flexibility index (Phi) is 6.97. The number of rotatable bonds is 7. The van der Waals surface area contributed by atoms with Gasteiger partial charge in [-0.2, -0.15) is 4.72 Å². The van der Waals surface area contributed by atoms with Crippen LogP contribution in [-0.2, 0) is 14.8 Å². The van der Waals surface area contributed by atoms with Gasteiger partial charge in [-0.25, -0.2) is 8.42 Å². The molecule has 0 bridgehead atoms.